The molecule has 0 aliphatic carbocycles. The molecular weight excluding hydrogens is 370 g/mol. The van der Waals surface area contributed by atoms with Crippen molar-refractivity contribution in [1.82, 2.24) is 15.2 Å². The lowest BCUT2D eigenvalue weighted by molar-refractivity contribution is 0.464. The minimum atomic E-state index is 0.114. The second kappa shape index (κ2) is 7.64. The van der Waals surface area contributed by atoms with Crippen LogP contribution in [0.15, 0.2) is 74.9 Å². The summed E-state index contributed by atoms with van der Waals surface area (Å²) in [6.07, 6.45) is 1.74. The van der Waals surface area contributed by atoms with Gasteiger partial charge >= 0.3 is 0 Å². The van der Waals surface area contributed by atoms with E-state index in [9.17, 15) is 0 Å². The summed E-state index contributed by atoms with van der Waals surface area (Å²) in [5.74, 6) is 2.41. The van der Waals surface area contributed by atoms with Crippen molar-refractivity contribution in [2.24, 2.45) is 0 Å². The Hall–Kier alpha value is -2.86. The van der Waals surface area contributed by atoms with E-state index in [-0.39, 0.29) is 5.41 Å². The van der Waals surface area contributed by atoms with Gasteiger partial charge in [-0.1, -0.05) is 75.0 Å². The van der Waals surface area contributed by atoms with E-state index in [4.69, 9.17) is 8.83 Å². The Morgan fingerprint density at radius 3 is 2.32 bits per heavy atom. The van der Waals surface area contributed by atoms with Crippen molar-refractivity contribution in [1.29, 1.82) is 0 Å². The van der Waals surface area contributed by atoms with Gasteiger partial charge in [0.2, 0.25) is 11.8 Å². The number of benzene rings is 2. The van der Waals surface area contributed by atoms with Crippen LogP contribution >= 0.6 is 11.8 Å². The van der Waals surface area contributed by atoms with E-state index in [0.29, 0.717) is 22.8 Å². The van der Waals surface area contributed by atoms with Crippen LogP contribution in [0.25, 0.3) is 22.8 Å². The van der Waals surface area contributed by atoms with Gasteiger partial charge in [-0.3, -0.25) is 0 Å². The van der Waals surface area contributed by atoms with Gasteiger partial charge in [-0.05, 0) is 23.1 Å². The number of nitrogens with zero attached hydrogens (tertiary/aromatic N) is 3. The van der Waals surface area contributed by atoms with Gasteiger partial charge in [0.15, 0.2) is 5.76 Å². The van der Waals surface area contributed by atoms with Crippen molar-refractivity contribution in [3.8, 4) is 22.8 Å². The van der Waals surface area contributed by atoms with Crippen LogP contribution in [-0.4, -0.2) is 15.2 Å². The molecule has 2 aromatic heterocycles. The molecule has 0 amide bonds. The van der Waals surface area contributed by atoms with Crippen LogP contribution < -0.4 is 0 Å². The Morgan fingerprint density at radius 1 is 0.857 bits per heavy atom. The number of hydrogen-bond acceptors (Lipinski definition) is 6. The van der Waals surface area contributed by atoms with Crippen molar-refractivity contribution in [3.63, 3.8) is 0 Å². The van der Waals surface area contributed by atoms with E-state index in [1.807, 2.05) is 42.5 Å². The Kier molecular flexibility index (Phi) is 5.05. The second-order valence-corrected chi connectivity index (χ2v) is 8.40. The Balaban J connectivity index is 1.41. The van der Waals surface area contributed by atoms with E-state index in [1.165, 1.54) is 17.3 Å². The highest BCUT2D eigenvalue weighted by Gasteiger charge is 2.15. The lowest BCUT2D eigenvalue weighted by Gasteiger charge is -2.18. The summed E-state index contributed by atoms with van der Waals surface area (Å²) in [5, 5.41) is 8.77. The first-order chi connectivity index (χ1) is 13.5. The SMILES string of the molecule is CC(C)(C)c1ccc(-c2nnc(SCc3ncc(-c4ccccc4)o3)o2)cc1. The minimum absolute atomic E-state index is 0.114. The van der Waals surface area contributed by atoms with E-state index in [0.717, 1.165) is 16.9 Å². The molecule has 142 valence electrons. The molecule has 0 saturated carbocycles. The normalized spacial score (nSPS) is 11.7. The van der Waals surface area contributed by atoms with Gasteiger partial charge in [0.05, 0.1) is 11.9 Å². The largest absolute Gasteiger partial charge is 0.440 e. The molecule has 0 unspecified atom stereocenters. The van der Waals surface area contributed by atoms with E-state index < -0.39 is 0 Å². The molecule has 4 aromatic rings. The van der Waals surface area contributed by atoms with Gasteiger partial charge in [0.25, 0.3) is 5.22 Å². The molecular formula is C22H21N3O2S. The third-order valence-corrected chi connectivity index (χ3v) is 5.14. The number of hydrogen-bond donors (Lipinski definition) is 0. The third kappa shape index (κ3) is 4.17. The molecule has 0 bridgehead atoms. The number of aromatic nitrogens is 3. The predicted octanol–water partition coefficient (Wildman–Crippen LogP) is 5.98. The fourth-order valence-corrected chi connectivity index (χ4v) is 3.35. The molecule has 28 heavy (non-hydrogen) atoms. The molecule has 5 nitrogen and oxygen atoms in total. The van der Waals surface area contributed by atoms with Gasteiger partial charge < -0.3 is 8.83 Å². The zero-order chi connectivity index (χ0) is 19.6. The smallest absolute Gasteiger partial charge is 0.277 e. The number of rotatable bonds is 5. The van der Waals surface area contributed by atoms with E-state index in [1.54, 1.807) is 6.20 Å². The fraction of sp³-hybridized carbons (Fsp3) is 0.227. The minimum Gasteiger partial charge on any atom is -0.440 e. The number of thioether (sulfide) groups is 1. The molecule has 0 spiro atoms. The first-order valence-electron chi connectivity index (χ1n) is 9.06. The van der Waals surface area contributed by atoms with Crippen LogP contribution in [-0.2, 0) is 11.2 Å². The lowest BCUT2D eigenvalue weighted by atomic mass is 9.87. The standard InChI is InChI=1S/C22H21N3O2S/c1-22(2,3)17-11-9-16(10-12-17)20-24-25-21(27-20)28-14-19-23-13-18(26-19)15-7-5-4-6-8-15/h4-13H,14H2,1-3H3. The van der Waals surface area contributed by atoms with Crippen molar-refractivity contribution in [2.45, 2.75) is 37.2 Å². The summed E-state index contributed by atoms with van der Waals surface area (Å²) in [7, 11) is 0. The quantitative estimate of drug-likeness (QED) is 0.390. The highest BCUT2D eigenvalue weighted by molar-refractivity contribution is 7.98. The van der Waals surface area contributed by atoms with Crippen LogP contribution in [0.1, 0.15) is 32.2 Å². The maximum Gasteiger partial charge on any atom is 0.277 e. The van der Waals surface area contributed by atoms with Crippen LogP contribution in [0.2, 0.25) is 0 Å². The predicted molar refractivity (Wildman–Crippen MR) is 110 cm³/mol. The van der Waals surface area contributed by atoms with E-state index >= 15 is 0 Å². The van der Waals surface area contributed by atoms with Crippen LogP contribution in [0.5, 0.6) is 0 Å². The van der Waals surface area contributed by atoms with Gasteiger partial charge in [0.1, 0.15) is 0 Å². The molecule has 0 radical (unpaired) electrons. The van der Waals surface area contributed by atoms with Gasteiger partial charge in [-0.15, -0.1) is 10.2 Å². The summed E-state index contributed by atoms with van der Waals surface area (Å²) >= 11 is 1.41. The number of oxazole rings is 1. The summed E-state index contributed by atoms with van der Waals surface area (Å²) in [5.41, 5.74) is 3.30. The monoisotopic (exact) mass is 391 g/mol. The van der Waals surface area contributed by atoms with E-state index in [2.05, 4.69) is 48.1 Å². The highest BCUT2D eigenvalue weighted by atomic mass is 32.2. The zero-order valence-corrected chi connectivity index (χ0v) is 16.9. The van der Waals surface area contributed by atoms with Crippen molar-refractivity contribution < 1.29 is 8.83 Å². The summed E-state index contributed by atoms with van der Waals surface area (Å²) in [6, 6.07) is 18.1. The van der Waals surface area contributed by atoms with Gasteiger partial charge in [0, 0.05) is 11.1 Å². The first-order valence-corrected chi connectivity index (χ1v) is 10.0. The molecule has 0 atom stereocenters. The molecule has 2 aromatic carbocycles. The lowest BCUT2D eigenvalue weighted by Crippen LogP contribution is -2.10. The molecule has 0 N–H and O–H groups in total. The highest BCUT2D eigenvalue weighted by Crippen LogP contribution is 2.29. The summed E-state index contributed by atoms with van der Waals surface area (Å²) in [6.45, 7) is 6.57. The van der Waals surface area contributed by atoms with Crippen LogP contribution in [0.4, 0.5) is 0 Å². The van der Waals surface area contributed by atoms with Crippen molar-refractivity contribution in [2.75, 3.05) is 0 Å². The topological polar surface area (TPSA) is 65.0 Å². The van der Waals surface area contributed by atoms with Crippen LogP contribution in [0.3, 0.4) is 0 Å². The Labute approximate surface area is 168 Å². The molecule has 4 rings (SSSR count). The molecule has 2 heterocycles. The van der Waals surface area contributed by atoms with Crippen LogP contribution in [0, 0.1) is 0 Å². The summed E-state index contributed by atoms with van der Waals surface area (Å²) < 4.78 is 11.6. The van der Waals surface area contributed by atoms with Gasteiger partial charge in [-0.2, -0.15) is 0 Å². The fourth-order valence-electron chi connectivity index (χ4n) is 2.73. The maximum atomic E-state index is 5.81. The molecule has 0 fully saturated rings. The molecule has 0 aliphatic rings. The van der Waals surface area contributed by atoms with Gasteiger partial charge in [-0.25, -0.2) is 4.98 Å². The van der Waals surface area contributed by atoms with Crippen molar-refractivity contribution >= 4 is 11.8 Å². The second-order valence-electron chi connectivity index (χ2n) is 7.47. The Bertz CT molecular complexity index is 1050. The zero-order valence-electron chi connectivity index (χ0n) is 16.0. The average Bonchev–Trinajstić information content (AvgIpc) is 3.36. The maximum absolute atomic E-state index is 5.81. The summed E-state index contributed by atoms with van der Waals surface area (Å²) in [4.78, 5) is 4.33. The molecule has 0 aliphatic heterocycles. The third-order valence-electron chi connectivity index (χ3n) is 4.34. The molecule has 0 saturated heterocycles. The Morgan fingerprint density at radius 2 is 1.61 bits per heavy atom. The average molecular weight is 391 g/mol. The first kappa shape index (κ1) is 18.5. The van der Waals surface area contributed by atoms with Crippen molar-refractivity contribution in [3.05, 3.63) is 72.2 Å². The molecule has 6 heteroatoms.